The van der Waals surface area contributed by atoms with Crippen molar-refractivity contribution in [1.82, 2.24) is 19.7 Å². The summed E-state index contributed by atoms with van der Waals surface area (Å²) >= 11 is 0. The van der Waals surface area contributed by atoms with Crippen LogP contribution in [0.1, 0.15) is 47.7 Å². The first-order valence-electron chi connectivity index (χ1n) is 10.6. The number of carbonyl (C=O) groups excluding carboxylic acids is 1. The molecular weight excluding hydrogens is 397 g/mol. The average molecular weight is 423 g/mol. The number of hydrogen-bond donors (Lipinski definition) is 1. The summed E-state index contributed by atoms with van der Waals surface area (Å²) in [6.07, 6.45) is 11.0. The Kier molecular flexibility index (Phi) is 6.25. The number of anilines is 2. The van der Waals surface area contributed by atoms with Gasteiger partial charge in [-0.15, -0.1) is 0 Å². The Bertz CT molecular complexity index is 1060. The topological polar surface area (TPSA) is 81.9 Å². The minimum absolute atomic E-state index is 0.0428. The van der Waals surface area contributed by atoms with E-state index >= 15 is 0 Å². The van der Waals surface area contributed by atoms with Crippen molar-refractivity contribution >= 4 is 17.4 Å². The lowest BCUT2D eigenvalue weighted by atomic mass is 10.00. The van der Waals surface area contributed by atoms with Gasteiger partial charge in [0.15, 0.2) is 17.3 Å². The molecule has 2 heterocycles. The first-order chi connectivity index (χ1) is 15.1. The molecule has 7 nitrogen and oxygen atoms in total. The number of methoxy groups -OCH3 is 1. The SMILES string of the molecule is CCC(=O)c1cc(CCc2cnc(Nc3cnn(CC4CC4)c3)nc2)c(F)c(OC)c1. The Hall–Kier alpha value is -3.29. The van der Waals surface area contributed by atoms with Crippen LogP contribution < -0.4 is 10.1 Å². The lowest BCUT2D eigenvalue weighted by molar-refractivity contribution is 0.0987. The third-order valence-corrected chi connectivity index (χ3v) is 5.40. The van der Waals surface area contributed by atoms with Crippen LogP contribution in [0.4, 0.5) is 16.0 Å². The Labute approximate surface area is 180 Å². The first-order valence-corrected chi connectivity index (χ1v) is 10.6. The molecule has 2 aromatic heterocycles. The molecule has 162 valence electrons. The highest BCUT2D eigenvalue weighted by Gasteiger charge is 2.22. The maximum Gasteiger partial charge on any atom is 0.227 e. The predicted octanol–water partition coefficient (Wildman–Crippen LogP) is 4.35. The summed E-state index contributed by atoms with van der Waals surface area (Å²) in [4.78, 5) is 20.8. The molecule has 0 spiro atoms. The number of rotatable bonds is 10. The van der Waals surface area contributed by atoms with Crippen molar-refractivity contribution in [3.63, 3.8) is 0 Å². The number of nitrogens with zero attached hydrogens (tertiary/aromatic N) is 4. The largest absolute Gasteiger partial charge is 0.494 e. The summed E-state index contributed by atoms with van der Waals surface area (Å²) in [5, 5.41) is 7.50. The van der Waals surface area contributed by atoms with Crippen LogP contribution in [0.25, 0.3) is 0 Å². The number of ether oxygens (including phenoxy) is 1. The molecule has 0 radical (unpaired) electrons. The summed E-state index contributed by atoms with van der Waals surface area (Å²) < 4.78 is 21.7. The smallest absolute Gasteiger partial charge is 0.227 e. The number of aromatic nitrogens is 4. The number of nitrogens with one attached hydrogen (secondary N) is 1. The monoisotopic (exact) mass is 423 g/mol. The zero-order valence-electron chi connectivity index (χ0n) is 17.8. The molecule has 4 rings (SSSR count). The lowest BCUT2D eigenvalue weighted by Crippen LogP contribution is -2.04. The Morgan fingerprint density at radius 1 is 1.23 bits per heavy atom. The average Bonchev–Trinajstić information content (AvgIpc) is 3.50. The number of ketones is 1. The maximum absolute atomic E-state index is 14.6. The molecule has 31 heavy (non-hydrogen) atoms. The zero-order valence-corrected chi connectivity index (χ0v) is 17.8. The van der Waals surface area contributed by atoms with Gasteiger partial charge in [-0.05, 0) is 54.9 Å². The van der Waals surface area contributed by atoms with Gasteiger partial charge in [0, 0.05) is 37.1 Å². The van der Waals surface area contributed by atoms with E-state index < -0.39 is 5.82 Å². The van der Waals surface area contributed by atoms with Crippen LogP contribution in [-0.2, 0) is 19.4 Å². The molecule has 1 aliphatic rings. The standard InChI is InChI=1S/C23H26FN5O2/c1-3-20(30)18-8-17(22(24)21(9-18)31-2)7-6-16-10-25-23(26-11-16)28-19-12-27-29(14-19)13-15-4-5-15/h8-12,14-15H,3-7,13H2,1-2H3,(H,25,26,28). The normalized spacial score (nSPS) is 13.3. The van der Waals surface area contributed by atoms with Gasteiger partial charge in [-0.1, -0.05) is 6.92 Å². The maximum atomic E-state index is 14.6. The zero-order chi connectivity index (χ0) is 21.8. The highest BCUT2D eigenvalue weighted by molar-refractivity contribution is 5.96. The molecule has 0 atom stereocenters. The molecule has 8 heteroatoms. The Morgan fingerprint density at radius 3 is 2.68 bits per heavy atom. The van der Waals surface area contributed by atoms with E-state index in [0.717, 1.165) is 23.7 Å². The van der Waals surface area contributed by atoms with Gasteiger partial charge in [-0.2, -0.15) is 5.10 Å². The van der Waals surface area contributed by atoms with Gasteiger partial charge < -0.3 is 10.1 Å². The second-order valence-corrected chi connectivity index (χ2v) is 7.86. The minimum Gasteiger partial charge on any atom is -0.494 e. The number of halogens is 1. The fourth-order valence-electron chi connectivity index (χ4n) is 3.40. The van der Waals surface area contributed by atoms with E-state index in [-0.39, 0.29) is 11.5 Å². The third kappa shape index (κ3) is 5.25. The quantitative estimate of drug-likeness (QED) is 0.488. The van der Waals surface area contributed by atoms with Gasteiger partial charge >= 0.3 is 0 Å². The lowest BCUT2D eigenvalue weighted by Gasteiger charge is -2.11. The van der Waals surface area contributed by atoms with E-state index in [2.05, 4.69) is 20.4 Å². The minimum atomic E-state index is -0.433. The number of benzene rings is 1. The van der Waals surface area contributed by atoms with E-state index in [1.54, 1.807) is 31.6 Å². The van der Waals surface area contributed by atoms with Crippen molar-refractivity contribution in [2.24, 2.45) is 5.92 Å². The first kappa shape index (κ1) is 21.0. The highest BCUT2D eigenvalue weighted by Crippen LogP contribution is 2.30. The third-order valence-electron chi connectivity index (χ3n) is 5.40. The molecule has 0 bridgehead atoms. The molecule has 1 saturated carbocycles. The van der Waals surface area contributed by atoms with Gasteiger partial charge in [0.05, 0.1) is 19.0 Å². The van der Waals surface area contributed by atoms with Gasteiger partial charge in [0.25, 0.3) is 0 Å². The van der Waals surface area contributed by atoms with Gasteiger partial charge in [-0.3, -0.25) is 9.48 Å². The number of Topliss-reactive ketones (excluding diaryl/α,β-unsaturated/α-hetero) is 1. The molecular formula is C23H26FN5O2. The van der Waals surface area contributed by atoms with Gasteiger partial charge in [-0.25, -0.2) is 14.4 Å². The van der Waals surface area contributed by atoms with Gasteiger partial charge in [0.1, 0.15) is 0 Å². The molecule has 0 amide bonds. The summed E-state index contributed by atoms with van der Waals surface area (Å²) in [5.41, 5.74) is 2.63. The molecule has 0 aliphatic heterocycles. The van der Waals surface area contributed by atoms with Crippen molar-refractivity contribution in [3.05, 3.63) is 59.4 Å². The van der Waals surface area contributed by atoms with E-state index in [1.165, 1.54) is 26.0 Å². The van der Waals surface area contributed by atoms with Crippen LogP contribution in [0.15, 0.2) is 36.9 Å². The summed E-state index contributed by atoms with van der Waals surface area (Å²) in [6, 6.07) is 3.07. The van der Waals surface area contributed by atoms with Crippen molar-refractivity contribution < 1.29 is 13.9 Å². The Balaban J connectivity index is 1.39. The van der Waals surface area contributed by atoms with Crippen LogP contribution in [-0.4, -0.2) is 32.6 Å². The number of carbonyl (C=O) groups is 1. The van der Waals surface area contributed by atoms with E-state index in [0.29, 0.717) is 36.3 Å². The Morgan fingerprint density at radius 2 is 2.00 bits per heavy atom. The van der Waals surface area contributed by atoms with Crippen molar-refractivity contribution in [3.8, 4) is 5.75 Å². The van der Waals surface area contributed by atoms with Gasteiger partial charge in [0.2, 0.25) is 5.95 Å². The van der Waals surface area contributed by atoms with Crippen LogP contribution in [0.2, 0.25) is 0 Å². The number of aryl methyl sites for hydroxylation is 2. The van der Waals surface area contributed by atoms with E-state index in [4.69, 9.17) is 4.74 Å². The second-order valence-electron chi connectivity index (χ2n) is 7.86. The second kappa shape index (κ2) is 9.24. The van der Waals surface area contributed by atoms with Crippen LogP contribution in [0, 0.1) is 11.7 Å². The molecule has 1 aromatic carbocycles. The highest BCUT2D eigenvalue weighted by atomic mass is 19.1. The van der Waals surface area contributed by atoms with Crippen LogP contribution >= 0.6 is 0 Å². The summed E-state index contributed by atoms with van der Waals surface area (Å²) in [6.45, 7) is 2.73. The molecule has 1 aliphatic carbocycles. The summed E-state index contributed by atoms with van der Waals surface area (Å²) in [7, 11) is 1.40. The number of hydrogen-bond acceptors (Lipinski definition) is 6. The fraction of sp³-hybridized carbons (Fsp3) is 0.391. The molecule has 3 aromatic rings. The molecule has 1 fully saturated rings. The fourth-order valence-corrected chi connectivity index (χ4v) is 3.40. The van der Waals surface area contributed by atoms with E-state index in [1.807, 2.05) is 10.9 Å². The predicted molar refractivity (Wildman–Crippen MR) is 115 cm³/mol. The van der Waals surface area contributed by atoms with Crippen molar-refractivity contribution in [2.45, 2.75) is 45.6 Å². The van der Waals surface area contributed by atoms with E-state index in [9.17, 15) is 9.18 Å². The summed E-state index contributed by atoms with van der Waals surface area (Å²) in [5.74, 6) is 0.857. The van der Waals surface area contributed by atoms with Crippen molar-refractivity contribution in [1.29, 1.82) is 0 Å². The van der Waals surface area contributed by atoms with Crippen LogP contribution in [0.5, 0.6) is 5.75 Å². The molecule has 1 N–H and O–H groups in total. The van der Waals surface area contributed by atoms with Crippen molar-refractivity contribution in [2.75, 3.05) is 12.4 Å². The molecule has 0 saturated heterocycles. The molecule has 0 unspecified atom stereocenters. The van der Waals surface area contributed by atoms with Crippen LogP contribution in [0.3, 0.4) is 0 Å².